The molecule has 26 heavy (non-hydrogen) atoms. The van der Waals surface area contributed by atoms with Crippen LogP contribution in [0.5, 0.6) is 0 Å². The van der Waals surface area contributed by atoms with E-state index in [-0.39, 0.29) is 6.42 Å². The highest BCUT2D eigenvalue weighted by Gasteiger charge is 2.24. The van der Waals surface area contributed by atoms with Crippen molar-refractivity contribution >= 4 is 11.9 Å². The van der Waals surface area contributed by atoms with Crippen molar-refractivity contribution in [2.24, 2.45) is 0 Å². The highest BCUT2D eigenvalue weighted by molar-refractivity contribution is 5.71. The van der Waals surface area contributed by atoms with E-state index in [9.17, 15) is 9.59 Å². The number of likely N-dealkylation sites (N-methyl/N-ethyl adjacent to an activating group) is 1. The van der Waals surface area contributed by atoms with Gasteiger partial charge in [-0.15, -0.1) is 0 Å². The van der Waals surface area contributed by atoms with Gasteiger partial charge in [0, 0.05) is 6.42 Å². The maximum atomic E-state index is 12.3. The van der Waals surface area contributed by atoms with E-state index in [0.717, 1.165) is 25.7 Å². The van der Waals surface area contributed by atoms with Crippen LogP contribution in [0.1, 0.15) is 103 Å². The lowest BCUT2D eigenvalue weighted by atomic mass is 10.1. The van der Waals surface area contributed by atoms with Gasteiger partial charge >= 0.3 is 11.9 Å². The lowest BCUT2D eigenvalue weighted by Crippen LogP contribution is -2.43. The summed E-state index contributed by atoms with van der Waals surface area (Å²) in [4.78, 5) is 23.6. The minimum absolute atomic E-state index is 0.0531. The summed E-state index contributed by atoms with van der Waals surface area (Å²) < 4.78 is 71.6. The predicted molar refractivity (Wildman–Crippen MR) is 106 cm³/mol. The van der Waals surface area contributed by atoms with E-state index in [4.69, 9.17) is 22.2 Å². The van der Waals surface area contributed by atoms with E-state index < -0.39 is 56.4 Å². The first-order valence-corrected chi connectivity index (χ1v) is 9.79. The third-order valence-electron chi connectivity index (χ3n) is 4.16. The summed E-state index contributed by atoms with van der Waals surface area (Å²) in [6.45, 7) is -9.67. The number of carbonyl (C=O) groups excluding carboxylic acids is 1. The van der Waals surface area contributed by atoms with Crippen LogP contribution in [0.25, 0.3) is 0 Å². The second-order valence-electron chi connectivity index (χ2n) is 6.99. The van der Waals surface area contributed by atoms with Crippen LogP contribution in [-0.2, 0) is 14.3 Å². The second-order valence-corrected chi connectivity index (χ2v) is 6.99. The van der Waals surface area contributed by atoms with Crippen LogP contribution in [0.3, 0.4) is 0 Å². The van der Waals surface area contributed by atoms with E-state index >= 15 is 0 Å². The van der Waals surface area contributed by atoms with Gasteiger partial charge in [0.2, 0.25) is 0 Å². The molecule has 0 aliphatic carbocycles. The average molecular weight is 382 g/mol. The maximum absolute atomic E-state index is 12.3. The number of carbonyl (C=O) groups is 2. The van der Waals surface area contributed by atoms with Crippen molar-refractivity contribution in [1.29, 1.82) is 0 Å². The minimum atomic E-state index is -3.55. The number of esters is 1. The zero-order valence-corrected chi connectivity index (χ0v) is 16.1. The monoisotopic (exact) mass is 381 g/mol. The Kier molecular flexibility index (Phi) is 7.58. The molecule has 0 amide bonds. The molecule has 5 nitrogen and oxygen atoms in total. The number of hydrogen-bond donors (Lipinski definition) is 1. The summed E-state index contributed by atoms with van der Waals surface area (Å²) in [7, 11) is 0. The fraction of sp³-hybridized carbons (Fsp3) is 0.905. The Morgan fingerprint density at radius 1 is 0.923 bits per heavy atom. The molecular formula is C21H42NO4+. The smallest absolute Gasteiger partial charge is 0.307 e. The molecule has 0 heterocycles. The standard InChI is InChI=1S/C21H41NO4/c1-5-6-7-8-9-10-11-12-13-14-15-16-21(25)26-19(17-20(23)24)18-22(2,3)4/h19H,5-18H2,1-4H3/p+1/t19-/m1/s1/i2D3,3D3,4D3. The molecule has 0 spiro atoms. The van der Waals surface area contributed by atoms with Crippen LogP contribution in [-0.4, -0.2) is 55.1 Å². The fourth-order valence-corrected chi connectivity index (χ4v) is 2.82. The molecule has 0 aromatic rings. The van der Waals surface area contributed by atoms with Gasteiger partial charge in [0.15, 0.2) is 6.10 Å². The Labute approximate surface area is 173 Å². The van der Waals surface area contributed by atoms with Crippen molar-refractivity contribution in [3.8, 4) is 0 Å². The van der Waals surface area contributed by atoms with Crippen LogP contribution < -0.4 is 0 Å². The molecule has 0 fully saturated rings. The molecule has 0 unspecified atom stereocenters. The number of carboxylic acids is 1. The summed E-state index contributed by atoms with van der Waals surface area (Å²) in [6, 6.07) is 0. The van der Waals surface area contributed by atoms with Gasteiger partial charge in [-0.3, -0.25) is 9.59 Å². The fourth-order valence-electron chi connectivity index (χ4n) is 2.82. The van der Waals surface area contributed by atoms with Crippen molar-refractivity contribution in [3.63, 3.8) is 0 Å². The number of nitrogens with zero attached hydrogens (tertiary/aromatic N) is 1. The first-order valence-electron chi connectivity index (χ1n) is 14.3. The summed E-state index contributed by atoms with van der Waals surface area (Å²) in [5.41, 5.74) is 0. The number of rotatable bonds is 17. The summed E-state index contributed by atoms with van der Waals surface area (Å²) in [5.74, 6) is -2.29. The van der Waals surface area contributed by atoms with Gasteiger partial charge in [-0.05, 0) is 6.42 Å². The zero-order chi connectivity index (χ0) is 27.3. The van der Waals surface area contributed by atoms with Gasteiger partial charge in [0.25, 0.3) is 0 Å². The zero-order valence-electron chi connectivity index (χ0n) is 25.1. The first kappa shape index (κ1) is 13.1. The van der Waals surface area contributed by atoms with Crippen molar-refractivity contribution in [1.82, 2.24) is 0 Å². The van der Waals surface area contributed by atoms with Crippen molar-refractivity contribution in [2.75, 3.05) is 27.5 Å². The highest BCUT2D eigenvalue weighted by Crippen LogP contribution is 2.13. The maximum Gasteiger partial charge on any atom is 0.307 e. The van der Waals surface area contributed by atoms with E-state index in [1.165, 1.54) is 38.5 Å². The van der Waals surface area contributed by atoms with E-state index in [2.05, 4.69) is 6.92 Å². The molecular weight excluding hydrogens is 330 g/mol. The number of unbranched alkanes of at least 4 members (excludes halogenated alkanes) is 10. The molecule has 0 rings (SSSR count). The SMILES string of the molecule is [2H]C([2H])([2H])[N+](C[C@@H](CC(=O)O)OC(=O)CCCCCCCCCCCCC)(C([2H])([2H])[2H])C([2H])([2H])[2H]. The number of ether oxygens (including phenoxy) is 1. The Hall–Kier alpha value is -1.10. The quantitative estimate of drug-likeness (QED) is 0.224. The Bertz CT molecular complexity index is 598. The topological polar surface area (TPSA) is 63.6 Å². The van der Waals surface area contributed by atoms with Crippen molar-refractivity contribution < 1.29 is 36.3 Å². The lowest BCUT2D eigenvalue weighted by molar-refractivity contribution is -0.873. The molecule has 0 bridgehead atoms. The van der Waals surface area contributed by atoms with Gasteiger partial charge in [0.1, 0.15) is 6.54 Å². The lowest BCUT2D eigenvalue weighted by Gasteiger charge is -2.28. The highest BCUT2D eigenvalue weighted by atomic mass is 16.5. The largest absolute Gasteiger partial charge is 0.481 e. The summed E-state index contributed by atoms with van der Waals surface area (Å²) in [5, 5.41) is 9.16. The predicted octanol–water partition coefficient (Wildman–Crippen LogP) is 4.78. The Morgan fingerprint density at radius 2 is 1.42 bits per heavy atom. The van der Waals surface area contributed by atoms with Gasteiger partial charge < -0.3 is 14.3 Å². The number of aliphatic carboxylic acids is 1. The number of carboxylic acid groups (broad SMARTS) is 1. The van der Waals surface area contributed by atoms with Gasteiger partial charge in [-0.25, -0.2) is 0 Å². The minimum Gasteiger partial charge on any atom is -0.481 e. The number of quaternary nitrogens is 1. The Balaban J connectivity index is 4.90. The van der Waals surface area contributed by atoms with Gasteiger partial charge in [-0.2, -0.15) is 0 Å². The molecule has 0 aliphatic heterocycles. The van der Waals surface area contributed by atoms with Crippen LogP contribution in [0.4, 0.5) is 0 Å². The van der Waals surface area contributed by atoms with Gasteiger partial charge in [-0.1, -0.05) is 71.1 Å². The van der Waals surface area contributed by atoms with E-state index in [0.29, 0.717) is 6.42 Å². The molecule has 1 N–H and O–H groups in total. The molecule has 1 atom stereocenters. The normalized spacial score (nSPS) is 19.3. The third kappa shape index (κ3) is 17.7. The molecule has 0 aromatic carbocycles. The molecule has 0 aromatic heterocycles. The Morgan fingerprint density at radius 3 is 1.88 bits per heavy atom. The molecule has 0 radical (unpaired) electrons. The van der Waals surface area contributed by atoms with E-state index in [1.54, 1.807) is 0 Å². The second kappa shape index (κ2) is 15.0. The molecule has 0 saturated heterocycles. The van der Waals surface area contributed by atoms with Crippen LogP contribution in [0.2, 0.25) is 0 Å². The molecule has 0 aliphatic rings. The van der Waals surface area contributed by atoms with Crippen LogP contribution >= 0.6 is 0 Å². The number of hydrogen-bond acceptors (Lipinski definition) is 3. The summed E-state index contributed by atoms with van der Waals surface area (Å²) in [6.07, 6.45) is 9.05. The van der Waals surface area contributed by atoms with Crippen LogP contribution in [0.15, 0.2) is 0 Å². The molecule has 5 heteroatoms. The van der Waals surface area contributed by atoms with Gasteiger partial charge in [0.05, 0.1) is 39.7 Å². The van der Waals surface area contributed by atoms with Crippen LogP contribution in [0, 0.1) is 0 Å². The van der Waals surface area contributed by atoms with Crippen molar-refractivity contribution in [3.05, 3.63) is 0 Å². The molecule has 0 saturated carbocycles. The van der Waals surface area contributed by atoms with E-state index in [1.807, 2.05) is 0 Å². The molecule has 154 valence electrons. The average Bonchev–Trinajstić information content (AvgIpc) is 2.66. The summed E-state index contributed by atoms with van der Waals surface area (Å²) >= 11 is 0. The van der Waals surface area contributed by atoms with Crippen molar-refractivity contribution in [2.45, 2.75) is 96.5 Å². The third-order valence-corrected chi connectivity index (χ3v) is 4.16. The first-order chi connectivity index (χ1) is 16.0.